The minimum absolute atomic E-state index is 0.111. The zero-order valence-corrected chi connectivity index (χ0v) is 12.4. The SMILES string of the molecule is CCNc1cccc(C(=O)NC2CCCC2C)c1[N+](=O)[O-]. The van der Waals surface area contributed by atoms with Crippen molar-refractivity contribution in [2.75, 3.05) is 11.9 Å². The second-order valence-corrected chi connectivity index (χ2v) is 5.48. The van der Waals surface area contributed by atoms with E-state index in [1.165, 1.54) is 6.07 Å². The van der Waals surface area contributed by atoms with Crippen molar-refractivity contribution in [1.82, 2.24) is 5.32 Å². The Hall–Kier alpha value is -2.11. The zero-order chi connectivity index (χ0) is 15.4. The molecule has 0 saturated heterocycles. The van der Waals surface area contributed by atoms with Gasteiger partial charge in [-0.3, -0.25) is 14.9 Å². The van der Waals surface area contributed by atoms with Crippen LogP contribution in [0.25, 0.3) is 0 Å². The van der Waals surface area contributed by atoms with Gasteiger partial charge in [0.15, 0.2) is 0 Å². The predicted octanol–water partition coefficient (Wildman–Crippen LogP) is 2.95. The Morgan fingerprint density at radius 2 is 2.19 bits per heavy atom. The first-order chi connectivity index (χ1) is 10.0. The third-order valence-corrected chi connectivity index (χ3v) is 4.01. The minimum atomic E-state index is -0.495. The molecule has 2 atom stereocenters. The van der Waals surface area contributed by atoms with Crippen LogP contribution in [0.4, 0.5) is 11.4 Å². The van der Waals surface area contributed by atoms with Crippen LogP contribution in [0.5, 0.6) is 0 Å². The van der Waals surface area contributed by atoms with Crippen LogP contribution in [0.1, 0.15) is 43.5 Å². The molecule has 1 aromatic carbocycles. The molecule has 1 amide bonds. The summed E-state index contributed by atoms with van der Waals surface area (Å²) in [6, 6.07) is 4.91. The first kappa shape index (κ1) is 15.3. The molecule has 1 aliphatic carbocycles. The third kappa shape index (κ3) is 3.32. The molecule has 0 radical (unpaired) electrons. The van der Waals surface area contributed by atoms with Gasteiger partial charge >= 0.3 is 5.69 Å². The highest BCUT2D eigenvalue weighted by Crippen LogP contribution is 2.30. The molecule has 0 spiro atoms. The second kappa shape index (κ2) is 6.56. The Kier molecular flexibility index (Phi) is 4.77. The number of hydrogen-bond donors (Lipinski definition) is 2. The highest BCUT2D eigenvalue weighted by molar-refractivity contribution is 6.00. The van der Waals surface area contributed by atoms with Crippen LogP contribution in [0.2, 0.25) is 0 Å². The number of carbonyl (C=O) groups is 1. The highest BCUT2D eigenvalue weighted by atomic mass is 16.6. The van der Waals surface area contributed by atoms with Crippen LogP contribution >= 0.6 is 0 Å². The van der Waals surface area contributed by atoms with Gasteiger partial charge in [-0.15, -0.1) is 0 Å². The van der Waals surface area contributed by atoms with Crippen molar-refractivity contribution >= 4 is 17.3 Å². The van der Waals surface area contributed by atoms with Crippen LogP contribution in [0.15, 0.2) is 18.2 Å². The normalized spacial score (nSPS) is 21.0. The van der Waals surface area contributed by atoms with Gasteiger partial charge < -0.3 is 10.6 Å². The first-order valence-corrected chi connectivity index (χ1v) is 7.36. The summed E-state index contributed by atoms with van der Waals surface area (Å²) >= 11 is 0. The number of anilines is 1. The van der Waals surface area contributed by atoms with E-state index in [1.807, 2.05) is 6.92 Å². The van der Waals surface area contributed by atoms with E-state index in [1.54, 1.807) is 12.1 Å². The number of nitrogens with zero attached hydrogens (tertiary/aromatic N) is 1. The molecule has 6 nitrogen and oxygen atoms in total. The Bertz CT molecular complexity index is 545. The van der Waals surface area contributed by atoms with Crippen LogP contribution in [0.3, 0.4) is 0 Å². The summed E-state index contributed by atoms with van der Waals surface area (Å²) in [4.78, 5) is 23.2. The Morgan fingerprint density at radius 3 is 2.76 bits per heavy atom. The standard InChI is InChI=1S/C15H21N3O3/c1-3-16-13-9-5-7-11(14(13)18(20)21)15(19)17-12-8-4-6-10(12)2/h5,7,9-10,12,16H,3-4,6,8H2,1-2H3,(H,17,19). The van der Waals surface area contributed by atoms with Gasteiger partial charge in [0.2, 0.25) is 0 Å². The van der Waals surface area contributed by atoms with Gasteiger partial charge in [0.1, 0.15) is 11.3 Å². The predicted molar refractivity (Wildman–Crippen MR) is 81.5 cm³/mol. The van der Waals surface area contributed by atoms with Gasteiger partial charge in [0.25, 0.3) is 5.91 Å². The second-order valence-electron chi connectivity index (χ2n) is 5.48. The summed E-state index contributed by atoms with van der Waals surface area (Å²) in [5.41, 5.74) is 0.356. The first-order valence-electron chi connectivity index (χ1n) is 7.36. The molecule has 2 rings (SSSR count). The third-order valence-electron chi connectivity index (χ3n) is 4.01. The van der Waals surface area contributed by atoms with E-state index in [4.69, 9.17) is 0 Å². The number of carbonyl (C=O) groups excluding carboxylic acids is 1. The molecule has 1 aromatic rings. The number of nitro groups is 1. The molecular formula is C15H21N3O3. The molecule has 0 aliphatic heterocycles. The van der Waals surface area contributed by atoms with E-state index in [-0.39, 0.29) is 23.2 Å². The average Bonchev–Trinajstić information content (AvgIpc) is 2.84. The average molecular weight is 291 g/mol. The number of nitro benzene ring substituents is 1. The molecule has 2 N–H and O–H groups in total. The van der Waals surface area contributed by atoms with Crippen molar-refractivity contribution < 1.29 is 9.72 Å². The van der Waals surface area contributed by atoms with E-state index in [0.29, 0.717) is 18.2 Å². The molecule has 114 valence electrons. The molecule has 1 aliphatic rings. The molecule has 2 unspecified atom stereocenters. The van der Waals surface area contributed by atoms with Crippen LogP contribution in [-0.2, 0) is 0 Å². The number of benzene rings is 1. The van der Waals surface area contributed by atoms with E-state index < -0.39 is 4.92 Å². The summed E-state index contributed by atoms with van der Waals surface area (Å²) in [5, 5.41) is 17.2. The van der Waals surface area contributed by atoms with E-state index in [9.17, 15) is 14.9 Å². The summed E-state index contributed by atoms with van der Waals surface area (Å²) in [7, 11) is 0. The maximum Gasteiger partial charge on any atom is 0.305 e. The number of rotatable bonds is 5. The van der Waals surface area contributed by atoms with Crippen LogP contribution in [0, 0.1) is 16.0 Å². The molecular weight excluding hydrogens is 270 g/mol. The molecule has 0 aromatic heterocycles. The van der Waals surface area contributed by atoms with Gasteiger partial charge in [0, 0.05) is 12.6 Å². The van der Waals surface area contributed by atoms with Crippen LogP contribution < -0.4 is 10.6 Å². The lowest BCUT2D eigenvalue weighted by Crippen LogP contribution is -2.36. The Labute approximate surface area is 124 Å². The molecule has 21 heavy (non-hydrogen) atoms. The quantitative estimate of drug-likeness (QED) is 0.645. The van der Waals surface area contributed by atoms with Gasteiger partial charge in [-0.25, -0.2) is 0 Å². The lowest BCUT2D eigenvalue weighted by atomic mass is 10.0. The van der Waals surface area contributed by atoms with Crippen molar-refractivity contribution in [1.29, 1.82) is 0 Å². The van der Waals surface area contributed by atoms with Crippen molar-refractivity contribution in [2.45, 2.75) is 39.2 Å². The van der Waals surface area contributed by atoms with Gasteiger partial charge in [0.05, 0.1) is 4.92 Å². The molecule has 1 saturated carbocycles. The van der Waals surface area contributed by atoms with Gasteiger partial charge in [-0.1, -0.05) is 19.4 Å². The van der Waals surface area contributed by atoms with E-state index in [2.05, 4.69) is 17.6 Å². The summed E-state index contributed by atoms with van der Waals surface area (Å²) < 4.78 is 0. The maximum atomic E-state index is 12.4. The molecule has 0 heterocycles. The summed E-state index contributed by atoms with van der Waals surface area (Å²) in [6.45, 7) is 4.52. The monoisotopic (exact) mass is 291 g/mol. The number of amides is 1. The lowest BCUT2D eigenvalue weighted by Gasteiger charge is -2.17. The van der Waals surface area contributed by atoms with Crippen molar-refractivity contribution in [3.8, 4) is 0 Å². The number of hydrogen-bond acceptors (Lipinski definition) is 4. The maximum absolute atomic E-state index is 12.4. The van der Waals surface area contributed by atoms with Gasteiger partial charge in [-0.2, -0.15) is 0 Å². The number of para-hydroxylation sites is 1. The van der Waals surface area contributed by atoms with E-state index in [0.717, 1.165) is 19.3 Å². The van der Waals surface area contributed by atoms with Crippen LogP contribution in [-0.4, -0.2) is 23.4 Å². The smallest absolute Gasteiger partial charge is 0.305 e. The van der Waals surface area contributed by atoms with Gasteiger partial charge in [-0.05, 0) is 37.8 Å². The lowest BCUT2D eigenvalue weighted by molar-refractivity contribution is -0.384. The summed E-state index contributed by atoms with van der Waals surface area (Å²) in [6.07, 6.45) is 3.11. The van der Waals surface area contributed by atoms with Crippen molar-refractivity contribution in [3.63, 3.8) is 0 Å². The minimum Gasteiger partial charge on any atom is -0.380 e. The number of nitrogens with one attached hydrogen (secondary N) is 2. The fourth-order valence-electron chi connectivity index (χ4n) is 2.86. The van der Waals surface area contributed by atoms with Crippen molar-refractivity contribution in [3.05, 3.63) is 33.9 Å². The Balaban J connectivity index is 2.27. The topological polar surface area (TPSA) is 84.3 Å². The zero-order valence-electron chi connectivity index (χ0n) is 12.4. The largest absolute Gasteiger partial charge is 0.380 e. The Morgan fingerprint density at radius 1 is 1.43 bits per heavy atom. The molecule has 0 bridgehead atoms. The molecule has 1 fully saturated rings. The highest BCUT2D eigenvalue weighted by Gasteiger charge is 2.29. The fraction of sp³-hybridized carbons (Fsp3) is 0.533. The summed E-state index contributed by atoms with van der Waals surface area (Å²) in [5.74, 6) is 0.0603. The molecule has 6 heteroatoms. The van der Waals surface area contributed by atoms with Crippen molar-refractivity contribution in [2.24, 2.45) is 5.92 Å². The fourth-order valence-corrected chi connectivity index (χ4v) is 2.86. The van der Waals surface area contributed by atoms with E-state index >= 15 is 0 Å².